The van der Waals surface area contributed by atoms with E-state index in [4.69, 9.17) is 11.6 Å². The van der Waals surface area contributed by atoms with Crippen LogP contribution in [-0.4, -0.2) is 33.2 Å². The van der Waals surface area contributed by atoms with E-state index in [0.717, 1.165) is 11.0 Å². The monoisotopic (exact) mass is 358 g/mol. The lowest BCUT2D eigenvalue weighted by molar-refractivity contribution is -0.116. The van der Waals surface area contributed by atoms with Crippen molar-refractivity contribution in [3.8, 4) is 0 Å². The Hall–Kier alpha value is -2.57. The number of fused-ring (bicyclic) bond motifs is 1. The molecule has 3 rings (SSSR count). The van der Waals surface area contributed by atoms with E-state index in [1.807, 2.05) is 24.3 Å². The average Bonchev–Trinajstić information content (AvgIpc) is 2.93. The summed E-state index contributed by atoms with van der Waals surface area (Å²) in [4.78, 5) is 16.9. The average molecular weight is 359 g/mol. The molecule has 0 spiro atoms. The largest absolute Gasteiger partial charge is 0.392 e. The number of aromatic nitrogens is 2. The smallest absolute Gasteiger partial charge is 0.244 e. The summed E-state index contributed by atoms with van der Waals surface area (Å²) in [5.74, 6) is 0.374. The molecule has 0 unspecified atom stereocenters. The van der Waals surface area contributed by atoms with Crippen LogP contribution in [0.25, 0.3) is 11.0 Å². The highest BCUT2D eigenvalue weighted by Gasteiger charge is 2.14. The van der Waals surface area contributed by atoms with Crippen molar-refractivity contribution in [1.82, 2.24) is 9.55 Å². The Balaban J connectivity index is 1.82. The van der Waals surface area contributed by atoms with Crippen molar-refractivity contribution in [1.29, 1.82) is 0 Å². The van der Waals surface area contributed by atoms with Crippen molar-refractivity contribution < 1.29 is 9.90 Å². The molecule has 1 atom stereocenters. The van der Waals surface area contributed by atoms with Gasteiger partial charge in [-0.25, -0.2) is 4.98 Å². The second-order valence-corrected chi connectivity index (χ2v) is 6.23. The summed E-state index contributed by atoms with van der Waals surface area (Å²) in [6.07, 6.45) is -0.517. The minimum Gasteiger partial charge on any atom is -0.392 e. The zero-order chi connectivity index (χ0) is 17.8. The fraction of sp³-hybridized carbons (Fsp3) is 0.222. The molecule has 0 aliphatic carbocycles. The third-order valence-corrected chi connectivity index (χ3v) is 3.89. The number of aliphatic hydroxyl groups is 1. The number of halogens is 1. The zero-order valence-corrected chi connectivity index (χ0v) is 14.5. The highest BCUT2D eigenvalue weighted by molar-refractivity contribution is 6.30. The molecule has 0 bridgehead atoms. The topological polar surface area (TPSA) is 79.2 Å². The lowest BCUT2D eigenvalue weighted by Crippen LogP contribution is -2.22. The number of nitrogens with zero attached hydrogens (tertiary/aromatic N) is 2. The number of aliphatic hydroxyl groups excluding tert-OH is 1. The van der Waals surface area contributed by atoms with Crippen molar-refractivity contribution in [3.63, 3.8) is 0 Å². The molecule has 130 valence electrons. The minimum atomic E-state index is -0.517. The number of amides is 1. The van der Waals surface area contributed by atoms with E-state index in [9.17, 15) is 9.90 Å². The Kier molecular flexibility index (Phi) is 5.21. The third-order valence-electron chi connectivity index (χ3n) is 3.64. The van der Waals surface area contributed by atoms with Crippen molar-refractivity contribution in [2.24, 2.45) is 0 Å². The van der Waals surface area contributed by atoms with Gasteiger partial charge in [0.15, 0.2) is 0 Å². The lowest BCUT2D eigenvalue weighted by atomic mass is 10.3. The highest BCUT2D eigenvalue weighted by Crippen LogP contribution is 2.20. The number of para-hydroxylation sites is 2. The summed E-state index contributed by atoms with van der Waals surface area (Å²) in [5.41, 5.74) is 2.31. The fourth-order valence-corrected chi connectivity index (χ4v) is 2.61. The number of hydrogen-bond donors (Lipinski definition) is 3. The quantitative estimate of drug-likeness (QED) is 0.632. The summed E-state index contributed by atoms with van der Waals surface area (Å²) in [5, 5.41) is 16.0. The van der Waals surface area contributed by atoms with Crippen LogP contribution >= 0.6 is 11.6 Å². The number of imidazole rings is 1. The molecule has 1 amide bonds. The second-order valence-electron chi connectivity index (χ2n) is 5.80. The van der Waals surface area contributed by atoms with Gasteiger partial charge in [-0.1, -0.05) is 23.7 Å². The summed E-state index contributed by atoms with van der Waals surface area (Å²) in [6.45, 7) is 2.14. The van der Waals surface area contributed by atoms with Crippen molar-refractivity contribution in [2.75, 3.05) is 17.2 Å². The zero-order valence-electron chi connectivity index (χ0n) is 13.7. The van der Waals surface area contributed by atoms with E-state index in [1.165, 1.54) is 0 Å². The van der Waals surface area contributed by atoms with Gasteiger partial charge in [-0.2, -0.15) is 0 Å². The SMILES string of the molecule is C[C@@H](O)CNc1nc2ccccc2n1CC(=O)Nc1ccc(Cl)cc1. The van der Waals surface area contributed by atoms with Gasteiger partial charge in [0.25, 0.3) is 0 Å². The van der Waals surface area contributed by atoms with Gasteiger partial charge in [0, 0.05) is 17.3 Å². The molecule has 25 heavy (non-hydrogen) atoms. The number of rotatable bonds is 6. The summed E-state index contributed by atoms with van der Waals surface area (Å²) < 4.78 is 1.79. The van der Waals surface area contributed by atoms with E-state index in [0.29, 0.717) is 23.2 Å². The van der Waals surface area contributed by atoms with Gasteiger partial charge in [0.05, 0.1) is 17.1 Å². The van der Waals surface area contributed by atoms with Gasteiger partial charge in [-0.05, 0) is 43.3 Å². The lowest BCUT2D eigenvalue weighted by Gasteiger charge is -2.12. The number of benzene rings is 2. The molecule has 0 aliphatic heterocycles. The molecule has 0 radical (unpaired) electrons. The van der Waals surface area contributed by atoms with Crippen LogP contribution in [0.3, 0.4) is 0 Å². The molecule has 1 aromatic heterocycles. The van der Waals surface area contributed by atoms with E-state index >= 15 is 0 Å². The summed E-state index contributed by atoms with van der Waals surface area (Å²) in [6, 6.07) is 14.5. The Labute approximate surface area is 150 Å². The van der Waals surface area contributed by atoms with Crippen LogP contribution in [0.2, 0.25) is 5.02 Å². The second kappa shape index (κ2) is 7.55. The number of hydrogen-bond acceptors (Lipinski definition) is 4. The Morgan fingerprint density at radius 3 is 2.68 bits per heavy atom. The predicted octanol–water partition coefficient (Wildman–Crippen LogP) is 3.12. The summed E-state index contributed by atoms with van der Waals surface area (Å²) in [7, 11) is 0. The highest BCUT2D eigenvalue weighted by atomic mass is 35.5. The Morgan fingerprint density at radius 1 is 1.24 bits per heavy atom. The van der Waals surface area contributed by atoms with Crippen LogP contribution in [0.4, 0.5) is 11.6 Å². The van der Waals surface area contributed by atoms with Crippen LogP contribution in [0.5, 0.6) is 0 Å². The maximum absolute atomic E-state index is 12.4. The van der Waals surface area contributed by atoms with Crippen LogP contribution in [0.15, 0.2) is 48.5 Å². The predicted molar refractivity (Wildman–Crippen MR) is 100.0 cm³/mol. The fourth-order valence-electron chi connectivity index (χ4n) is 2.49. The first-order valence-corrected chi connectivity index (χ1v) is 8.33. The van der Waals surface area contributed by atoms with Crippen molar-refractivity contribution >= 4 is 40.2 Å². The molecular weight excluding hydrogens is 340 g/mol. The maximum Gasteiger partial charge on any atom is 0.244 e. The molecule has 0 fully saturated rings. The molecule has 3 aromatic rings. The first-order chi connectivity index (χ1) is 12.0. The molecule has 3 N–H and O–H groups in total. The number of carbonyl (C=O) groups is 1. The van der Waals surface area contributed by atoms with E-state index < -0.39 is 6.10 Å². The molecule has 6 nitrogen and oxygen atoms in total. The van der Waals surface area contributed by atoms with Gasteiger partial charge >= 0.3 is 0 Å². The number of nitrogens with one attached hydrogen (secondary N) is 2. The number of anilines is 2. The molecule has 0 aliphatic rings. The standard InChI is InChI=1S/C18H19ClN4O2/c1-12(24)10-20-18-22-15-4-2-3-5-16(15)23(18)11-17(25)21-14-8-6-13(19)7-9-14/h2-9,12,24H,10-11H2,1H3,(H,20,22)(H,21,25)/t12-/m1/s1. The normalized spacial score (nSPS) is 12.1. The molecule has 2 aromatic carbocycles. The van der Waals surface area contributed by atoms with Crippen molar-refractivity contribution in [2.45, 2.75) is 19.6 Å². The maximum atomic E-state index is 12.4. The summed E-state index contributed by atoms with van der Waals surface area (Å²) >= 11 is 5.86. The van der Waals surface area contributed by atoms with Crippen LogP contribution < -0.4 is 10.6 Å². The molecule has 0 saturated heterocycles. The van der Waals surface area contributed by atoms with Crippen LogP contribution in [-0.2, 0) is 11.3 Å². The first kappa shape index (κ1) is 17.3. The van der Waals surface area contributed by atoms with E-state index in [1.54, 1.807) is 35.8 Å². The minimum absolute atomic E-state index is 0.102. The Bertz CT molecular complexity index is 874. The Morgan fingerprint density at radius 2 is 1.96 bits per heavy atom. The van der Waals surface area contributed by atoms with Crippen LogP contribution in [0, 0.1) is 0 Å². The van der Waals surface area contributed by atoms with Gasteiger partial charge in [0.2, 0.25) is 11.9 Å². The van der Waals surface area contributed by atoms with E-state index in [-0.39, 0.29) is 12.5 Å². The number of carbonyl (C=O) groups excluding carboxylic acids is 1. The van der Waals surface area contributed by atoms with Crippen molar-refractivity contribution in [3.05, 3.63) is 53.6 Å². The third kappa shape index (κ3) is 4.29. The van der Waals surface area contributed by atoms with Gasteiger partial charge in [-0.3, -0.25) is 4.79 Å². The molecule has 7 heteroatoms. The van der Waals surface area contributed by atoms with E-state index in [2.05, 4.69) is 15.6 Å². The molecule has 0 saturated carbocycles. The first-order valence-electron chi connectivity index (χ1n) is 7.95. The van der Waals surface area contributed by atoms with Crippen LogP contribution in [0.1, 0.15) is 6.92 Å². The molecular formula is C18H19ClN4O2. The van der Waals surface area contributed by atoms with Gasteiger partial charge in [0.1, 0.15) is 6.54 Å². The molecule has 1 heterocycles. The van der Waals surface area contributed by atoms with Gasteiger partial charge < -0.3 is 20.3 Å². The van der Waals surface area contributed by atoms with Gasteiger partial charge in [-0.15, -0.1) is 0 Å².